The number of pyridine rings is 1. The number of hydrogen-bond acceptors (Lipinski definition) is 6. The number of nitrogens with zero attached hydrogens (tertiary/aromatic N) is 1. The molecule has 1 N–H and O–H groups in total. The average molecular weight is 397 g/mol. The van der Waals surface area contributed by atoms with Gasteiger partial charge in [0.1, 0.15) is 6.29 Å². The number of hydrogen-bond donors (Lipinski definition) is 1. The van der Waals surface area contributed by atoms with E-state index in [1.165, 1.54) is 36.5 Å². The van der Waals surface area contributed by atoms with Gasteiger partial charge in [0.15, 0.2) is 5.25 Å². The maximum absolute atomic E-state index is 12.4. The van der Waals surface area contributed by atoms with Gasteiger partial charge in [0.25, 0.3) is 5.91 Å². The lowest BCUT2D eigenvalue weighted by atomic mass is 10.2. The molecule has 1 aromatic heterocycles. The first kappa shape index (κ1) is 20.0. The molecule has 1 atom stereocenters. The van der Waals surface area contributed by atoms with Crippen molar-refractivity contribution >= 4 is 33.8 Å². The van der Waals surface area contributed by atoms with Gasteiger partial charge in [-0.15, -0.1) is 0 Å². The summed E-state index contributed by atoms with van der Waals surface area (Å²) in [5.41, 5.74) is 0.864. The topological polar surface area (TPSA) is 102 Å². The van der Waals surface area contributed by atoms with Crippen molar-refractivity contribution in [3.63, 3.8) is 0 Å². The lowest BCUT2D eigenvalue weighted by molar-refractivity contribution is -0.107. The summed E-state index contributed by atoms with van der Waals surface area (Å²) in [7, 11) is -4.27. The van der Waals surface area contributed by atoms with Crippen LogP contribution in [0.1, 0.15) is 33.8 Å². The fraction of sp³-hybridized carbons (Fsp3) is 0.235. The fourth-order valence-corrected chi connectivity index (χ4v) is 3.38. The lowest BCUT2D eigenvalue weighted by Crippen LogP contribution is -2.35. The molecule has 0 aliphatic carbocycles. The summed E-state index contributed by atoms with van der Waals surface area (Å²) in [4.78, 5) is 27.5. The molecule has 0 aliphatic rings. The minimum Gasteiger partial charge on any atom is -0.375 e. The summed E-state index contributed by atoms with van der Waals surface area (Å²) in [6.07, 6.45) is 1.50. The smallest absolute Gasteiger partial charge is 0.266 e. The molecule has 0 radical (unpaired) electrons. The number of nitrogens with one attached hydrogen (secondary N) is 1. The zero-order valence-corrected chi connectivity index (χ0v) is 15.5. The van der Waals surface area contributed by atoms with Gasteiger partial charge in [0.05, 0.1) is 17.9 Å². The molecule has 2 aromatic rings. The Balaban J connectivity index is 2.15. The van der Waals surface area contributed by atoms with E-state index < -0.39 is 21.2 Å². The number of amides is 1. The van der Waals surface area contributed by atoms with Crippen molar-refractivity contribution in [3.8, 4) is 0 Å². The van der Waals surface area contributed by atoms with Crippen molar-refractivity contribution < 1.29 is 22.7 Å². The molecule has 1 amide bonds. The van der Waals surface area contributed by atoms with Crippen molar-refractivity contribution in [3.05, 3.63) is 64.4 Å². The van der Waals surface area contributed by atoms with Gasteiger partial charge in [0.2, 0.25) is 10.0 Å². The molecule has 26 heavy (non-hydrogen) atoms. The monoisotopic (exact) mass is 396 g/mol. The Labute approximate surface area is 156 Å². The van der Waals surface area contributed by atoms with Crippen molar-refractivity contribution in [1.29, 1.82) is 0 Å². The van der Waals surface area contributed by atoms with Gasteiger partial charge < -0.3 is 9.53 Å². The molecule has 9 heteroatoms. The van der Waals surface area contributed by atoms with E-state index in [1.807, 2.05) is 11.6 Å². The zero-order chi connectivity index (χ0) is 19.2. The normalized spacial score (nSPS) is 12.4. The van der Waals surface area contributed by atoms with Gasteiger partial charge >= 0.3 is 0 Å². The van der Waals surface area contributed by atoms with Gasteiger partial charge in [-0.05, 0) is 36.8 Å². The minimum absolute atomic E-state index is 0.0505. The third kappa shape index (κ3) is 5.10. The highest BCUT2D eigenvalue weighted by Gasteiger charge is 2.29. The quantitative estimate of drug-likeness (QED) is 0.686. The molecule has 0 fully saturated rings. The second kappa shape index (κ2) is 8.88. The van der Waals surface area contributed by atoms with E-state index in [0.717, 1.165) is 0 Å². The second-order valence-electron chi connectivity index (χ2n) is 5.26. The van der Waals surface area contributed by atoms with E-state index in [-0.39, 0.29) is 17.4 Å². The summed E-state index contributed by atoms with van der Waals surface area (Å²) in [5.74, 6) is -0.874. The number of halogens is 1. The Morgan fingerprint density at radius 2 is 1.96 bits per heavy atom. The average Bonchev–Trinajstić information content (AvgIpc) is 2.62. The Kier molecular flexibility index (Phi) is 6.84. The van der Waals surface area contributed by atoms with E-state index >= 15 is 0 Å². The van der Waals surface area contributed by atoms with Crippen LogP contribution < -0.4 is 4.72 Å². The third-order valence-corrected chi connectivity index (χ3v) is 5.21. The van der Waals surface area contributed by atoms with Gasteiger partial charge in [-0.25, -0.2) is 13.1 Å². The molecule has 0 bridgehead atoms. The summed E-state index contributed by atoms with van der Waals surface area (Å²) < 4.78 is 31.9. The molecule has 0 aliphatic heterocycles. The van der Waals surface area contributed by atoms with E-state index in [1.54, 1.807) is 6.07 Å². The van der Waals surface area contributed by atoms with Crippen LogP contribution in [0.5, 0.6) is 0 Å². The molecule has 2 rings (SSSR count). The standard InChI is InChI=1S/C17H17ClN2O5S/c1-2-25-11-15-8-5-13(9-19-15)17(22)20-26(23,24)16(10-21)12-3-6-14(18)7-4-12/h3-10,16H,2,11H2,1H3,(H,20,22). The van der Waals surface area contributed by atoms with Crippen LogP contribution in [-0.2, 0) is 26.2 Å². The maximum Gasteiger partial charge on any atom is 0.266 e. The molecule has 138 valence electrons. The lowest BCUT2D eigenvalue weighted by Gasteiger charge is -2.13. The second-order valence-corrected chi connectivity index (χ2v) is 7.50. The highest BCUT2D eigenvalue weighted by molar-refractivity contribution is 7.91. The van der Waals surface area contributed by atoms with Gasteiger partial charge in [0, 0.05) is 17.8 Å². The predicted octanol–water partition coefficient (Wildman–Crippen LogP) is 2.27. The van der Waals surface area contributed by atoms with E-state index in [9.17, 15) is 18.0 Å². The molecular weight excluding hydrogens is 380 g/mol. The highest BCUT2D eigenvalue weighted by atomic mass is 35.5. The Hall–Kier alpha value is -2.29. The largest absolute Gasteiger partial charge is 0.375 e. The molecular formula is C17H17ClN2O5S. The number of benzene rings is 1. The molecule has 0 saturated carbocycles. The zero-order valence-electron chi connectivity index (χ0n) is 13.9. The first-order valence-corrected chi connectivity index (χ1v) is 9.59. The molecule has 0 spiro atoms. The number of aromatic nitrogens is 1. The first-order valence-electron chi connectivity index (χ1n) is 7.66. The summed E-state index contributed by atoms with van der Waals surface area (Å²) in [6, 6.07) is 8.75. The van der Waals surface area contributed by atoms with E-state index in [4.69, 9.17) is 16.3 Å². The molecule has 1 unspecified atom stereocenters. The molecule has 0 saturated heterocycles. The predicted molar refractivity (Wildman–Crippen MR) is 96.2 cm³/mol. The summed E-state index contributed by atoms with van der Waals surface area (Å²) in [6.45, 7) is 2.66. The molecule has 7 nitrogen and oxygen atoms in total. The highest BCUT2D eigenvalue weighted by Crippen LogP contribution is 2.21. The Morgan fingerprint density at radius 3 is 2.50 bits per heavy atom. The summed E-state index contributed by atoms with van der Waals surface area (Å²) >= 11 is 5.76. The van der Waals surface area contributed by atoms with Crippen LogP contribution in [0.2, 0.25) is 5.02 Å². The van der Waals surface area contributed by atoms with Crippen LogP contribution in [0, 0.1) is 0 Å². The van der Waals surface area contributed by atoms with Crippen molar-refractivity contribution in [1.82, 2.24) is 9.71 Å². The van der Waals surface area contributed by atoms with E-state index in [2.05, 4.69) is 4.98 Å². The van der Waals surface area contributed by atoms with Gasteiger partial charge in [-0.3, -0.25) is 9.78 Å². The molecule has 1 aromatic carbocycles. The fourth-order valence-electron chi connectivity index (χ4n) is 2.09. The third-order valence-electron chi connectivity index (χ3n) is 3.43. The van der Waals surface area contributed by atoms with Crippen LogP contribution in [0.15, 0.2) is 42.6 Å². The Bertz CT molecular complexity index is 867. The van der Waals surface area contributed by atoms with Gasteiger partial charge in [-0.1, -0.05) is 23.7 Å². The van der Waals surface area contributed by atoms with Crippen LogP contribution >= 0.6 is 11.6 Å². The van der Waals surface area contributed by atoms with Crippen LogP contribution in [0.25, 0.3) is 0 Å². The van der Waals surface area contributed by atoms with Crippen LogP contribution in [0.3, 0.4) is 0 Å². The van der Waals surface area contributed by atoms with Crippen molar-refractivity contribution in [2.24, 2.45) is 0 Å². The van der Waals surface area contributed by atoms with Crippen molar-refractivity contribution in [2.75, 3.05) is 6.61 Å². The first-order chi connectivity index (χ1) is 12.4. The van der Waals surface area contributed by atoms with Gasteiger partial charge in [-0.2, -0.15) is 0 Å². The van der Waals surface area contributed by atoms with E-state index in [0.29, 0.717) is 23.9 Å². The number of ether oxygens (including phenoxy) is 1. The number of rotatable bonds is 8. The summed E-state index contributed by atoms with van der Waals surface area (Å²) in [5, 5.41) is -1.13. The maximum atomic E-state index is 12.4. The Morgan fingerprint density at radius 1 is 1.27 bits per heavy atom. The number of carbonyl (C=O) groups excluding carboxylic acids is 2. The SMILES string of the molecule is CCOCc1ccc(C(=O)NS(=O)(=O)C(C=O)c2ccc(Cl)cc2)cn1. The minimum atomic E-state index is -4.27. The number of carbonyl (C=O) groups is 2. The molecule has 1 heterocycles. The number of aldehydes is 1. The number of sulfonamides is 1. The van der Waals surface area contributed by atoms with Crippen LogP contribution in [0.4, 0.5) is 0 Å². The van der Waals surface area contributed by atoms with Crippen molar-refractivity contribution in [2.45, 2.75) is 18.8 Å². The van der Waals surface area contributed by atoms with Crippen LogP contribution in [-0.4, -0.2) is 32.2 Å².